The summed E-state index contributed by atoms with van der Waals surface area (Å²) in [5.74, 6) is -0.480. The highest BCUT2D eigenvalue weighted by Crippen LogP contribution is 2.19. The lowest BCUT2D eigenvalue weighted by Crippen LogP contribution is -2.20. The lowest BCUT2D eigenvalue weighted by molar-refractivity contribution is -0.124. The first-order chi connectivity index (χ1) is 9.06. The van der Waals surface area contributed by atoms with Crippen LogP contribution in [-0.4, -0.2) is 11.0 Å². The summed E-state index contributed by atoms with van der Waals surface area (Å²) in [6.45, 7) is 1.96. The van der Waals surface area contributed by atoms with Gasteiger partial charge in [-0.2, -0.15) is 0 Å². The predicted molar refractivity (Wildman–Crippen MR) is 76.2 cm³/mol. The Hall–Kier alpha value is -1.84. The van der Waals surface area contributed by atoms with Gasteiger partial charge >= 0.3 is 0 Å². The molecule has 2 N–H and O–H groups in total. The summed E-state index contributed by atoms with van der Waals surface area (Å²) < 4.78 is 0. The molecule has 19 heavy (non-hydrogen) atoms. The van der Waals surface area contributed by atoms with Gasteiger partial charge in [-0.05, 0) is 36.8 Å². The highest BCUT2D eigenvalue weighted by atomic mass is 35.5. The molecule has 2 aromatic rings. The number of nitrogens with one attached hydrogen (secondary N) is 1. The second kappa shape index (κ2) is 5.87. The summed E-state index contributed by atoms with van der Waals surface area (Å²) in [6.07, 6.45) is -1.24. The van der Waals surface area contributed by atoms with E-state index in [9.17, 15) is 9.90 Å². The molecule has 2 rings (SSSR count). The molecule has 0 saturated carbocycles. The van der Waals surface area contributed by atoms with Gasteiger partial charge < -0.3 is 10.4 Å². The van der Waals surface area contributed by atoms with E-state index in [0.717, 1.165) is 5.56 Å². The zero-order valence-corrected chi connectivity index (χ0v) is 11.2. The van der Waals surface area contributed by atoms with Crippen LogP contribution < -0.4 is 5.32 Å². The Morgan fingerprint density at radius 3 is 2.53 bits per heavy atom. The number of anilines is 1. The Morgan fingerprint density at radius 2 is 1.89 bits per heavy atom. The van der Waals surface area contributed by atoms with Crippen LogP contribution in [0.1, 0.15) is 17.2 Å². The Bertz CT molecular complexity index is 581. The minimum Gasteiger partial charge on any atom is -0.378 e. The number of carbonyl (C=O) groups is 1. The number of rotatable bonds is 3. The number of aryl methyl sites for hydroxylation is 1. The van der Waals surface area contributed by atoms with E-state index in [1.54, 1.807) is 36.4 Å². The number of halogens is 1. The smallest absolute Gasteiger partial charge is 0.257 e. The predicted octanol–water partition coefficient (Wildman–Crippen LogP) is 3.32. The molecule has 0 aliphatic rings. The molecule has 4 heteroatoms. The second-order valence-corrected chi connectivity index (χ2v) is 4.75. The highest BCUT2D eigenvalue weighted by Gasteiger charge is 2.17. The average Bonchev–Trinajstić information content (AvgIpc) is 2.40. The fourth-order valence-electron chi connectivity index (χ4n) is 1.68. The number of benzene rings is 2. The van der Waals surface area contributed by atoms with Gasteiger partial charge in [0.25, 0.3) is 5.91 Å². The van der Waals surface area contributed by atoms with Crippen molar-refractivity contribution in [2.45, 2.75) is 13.0 Å². The molecule has 0 aromatic heterocycles. The quantitative estimate of drug-likeness (QED) is 0.903. The van der Waals surface area contributed by atoms with Crippen LogP contribution in [-0.2, 0) is 4.79 Å². The number of aliphatic hydroxyl groups is 1. The SMILES string of the molecule is Cc1ccc(NC(=O)C(O)c2cccc(Cl)c2)cc1. The molecule has 0 fully saturated rings. The Kier molecular flexibility index (Phi) is 4.20. The average molecular weight is 276 g/mol. The molecular formula is C15H14ClNO2. The summed E-state index contributed by atoms with van der Waals surface area (Å²) >= 11 is 5.83. The Balaban J connectivity index is 2.09. The zero-order chi connectivity index (χ0) is 13.8. The van der Waals surface area contributed by atoms with Gasteiger partial charge in [-0.25, -0.2) is 0 Å². The molecule has 3 nitrogen and oxygen atoms in total. The lowest BCUT2D eigenvalue weighted by Gasteiger charge is -2.12. The minimum atomic E-state index is -1.24. The first-order valence-electron chi connectivity index (χ1n) is 5.87. The van der Waals surface area contributed by atoms with Crippen LogP contribution in [0.4, 0.5) is 5.69 Å². The normalized spacial score (nSPS) is 11.9. The van der Waals surface area contributed by atoms with E-state index in [4.69, 9.17) is 11.6 Å². The Labute approximate surface area is 116 Å². The van der Waals surface area contributed by atoms with Crippen LogP contribution >= 0.6 is 11.6 Å². The van der Waals surface area contributed by atoms with E-state index in [-0.39, 0.29) is 0 Å². The van der Waals surface area contributed by atoms with Crippen LogP contribution in [0, 0.1) is 6.92 Å². The number of carbonyl (C=O) groups excluding carboxylic acids is 1. The maximum absolute atomic E-state index is 11.9. The van der Waals surface area contributed by atoms with E-state index in [2.05, 4.69) is 5.32 Å². The molecule has 0 aliphatic carbocycles. The molecule has 0 aliphatic heterocycles. The van der Waals surface area contributed by atoms with Gasteiger partial charge in [-0.15, -0.1) is 0 Å². The van der Waals surface area contributed by atoms with Crippen molar-refractivity contribution < 1.29 is 9.90 Å². The topological polar surface area (TPSA) is 49.3 Å². The van der Waals surface area contributed by atoms with Crippen molar-refractivity contribution in [2.75, 3.05) is 5.32 Å². The van der Waals surface area contributed by atoms with Crippen LogP contribution in [0.5, 0.6) is 0 Å². The zero-order valence-electron chi connectivity index (χ0n) is 10.4. The number of aliphatic hydroxyl groups excluding tert-OH is 1. The number of amides is 1. The molecule has 98 valence electrons. The third kappa shape index (κ3) is 3.56. The fourth-order valence-corrected chi connectivity index (χ4v) is 1.87. The second-order valence-electron chi connectivity index (χ2n) is 4.31. The third-order valence-electron chi connectivity index (χ3n) is 2.73. The van der Waals surface area contributed by atoms with Crippen molar-refractivity contribution in [3.8, 4) is 0 Å². The van der Waals surface area contributed by atoms with E-state index in [1.165, 1.54) is 0 Å². The van der Waals surface area contributed by atoms with Crippen molar-refractivity contribution in [2.24, 2.45) is 0 Å². The third-order valence-corrected chi connectivity index (χ3v) is 2.97. The van der Waals surface area contributed by atoms with Crippen LogP contribution in [0.2, 0.25) is 5.02 Å². The fraction of sp³-hybridized carbons (Fsp3) is 0.133. The van der Waals surface area contributed by atoms with Crippen molar-refractivity contribution in [1.82, 2.24) is 0 Å². The van der Waals surface area contributed by atoms with Crippen molar-refractivity contribution in [3.05, 3.63) is 64.7 Å². The standard InChI is InChI=1S/C15H14ClNO2/c1-10-5-7-13(8-6-10)17-15(19)14(18)11-3-2-4-12(16)9-11/h2-9,14,18H,1H3,(H,17,19). The molecule has 0 saturated heterocycles. The number of hydrogen-bond acceptors (Lipinski definition) is 2. The summed E-state index contributed by atoms with van der Waals surface area (Å²) in [6, 6.07) is 14.0. The monoisotopic (exact) mass is 275 g/mol. The van der Waals surface area contributed by atoms with E-state index >= 15 is 0 Å². The van der Waals surface area contributed by atoms with Gasteiger partial charge in [0.15, 0.2) is 6.10 Å². The van der Waals surface area contributed by atoms with Gasteiger partial charge in [-0.3, -0.25) is 4.79 Å². The van der Waals surface area contributed by atoms with Gasteiger partial charge in [0.2, 0.25) is 0 Å². The van der Waals surface area contributed by atoms with Crippen LogP contribution in [0.15, 0.2) is 48.5 Å². The summed E-state index contributed by atoms with van der Waals surface area (Å²) in [5, 5.41) is 13.1. The van der Waals surface area contributed by atoms with Gasteiger partial charge in [0.05, 0.1) is 0 Å². The summed E-state index contributed by atoms with van der Waals surface area (Å²) in [7, 11) is 0. The highest BCUT2D eigenvalue weighted by molar-refractivity contribution is 6.30. The molecule has 2 aromatic carbocycles. The maximum Gasteiger partial charge on any atom is 0.257 e. The van der Waals surface area contributed by atoms with E-state index in [1.807, 2.05) is 19.1 Å². The number of hydrogen-bond donors (Lipinski definition) is 2. The van der Waals surface area contributed by atoms with Crippen molar-refractivity contribution in [3.63, 3.8) is 0 Å². The molecule has 1 unspecified atom stereocenters. The van der Waals surface area contributed by atoms with Gasteiger partial charge in [0, 0.05) is 10.7 Å². The van der Waals surface area contributed by atoms with E-state index in [0.29, 0.717) is 16.3 Å². The van der Waals surface area contributed by atoms with Crippen LogP contribution in [0.25, 0.3) is 0 Å². The molecular weight excluding hydrogens is 262 g/mol. The molecule has 0 heterocycles. The molecule has 0 bridgehead atoms. The summed E-state index contributed by atoms with van der Waals surface area (Å²) in [4.78, 5) is 11.9. The van der Waals surface area contributed by atoms with Crippen molar-refractivity contribution >= 4 is 23.2 Å². The maximum atomic E-state index is 11.9. The van der Waals surface area contributed by atoms with Gasteiger partial charge in [0.1, 0.15) is 0 Å². The van der Waals surface area contributed by atoms with Crippen LogP contribution in [0.3, 0.4) is 0 Å². The molecule has 0 spiro atoms. The Morgan fingerprint density at radius 1 is 1.21 bits per heavy atom. The van der Waals surface area contributed by atoms with Gasteiger partial charge in [-0.1, -0.05) is 41.4 Å². The van der Waals surface area contributed by atoms with Crippen molar-refractivity contribution in [1.29, 1.82) is 0 Å². The molecule has 1 atom stereocenters. The lowest BCUT2D eigenvalue weighted by atomic mass is 10.1. The molecule has 1 amide bonds. The first kappa shape index (κ1) is 13.6. The first-order valence-corrected chi connectivity index (χ1v) is 6.25. The minimum absolute atomic E-state index is 0.470. The summed E-state index contributed by atoms with van der Waals surface area (Å²) in [5.41, 5.74) is 2.22. The van der Waals surface area contributed by atoms with E-state index < -0.39 is 12.0 Å². The largest absolute Gasteiger partial charge is 0.378 e. The molecule has 0 radical (unpaired) electrons.